The number of aryl methyl sites for hydroxylation is 1. The molecule has 2 aromatic rings. The van der Waals surface area contributed by atoms with Crippen molar-refractivity contribution < 1.29 is 18.0 Å². The van der Waals surface area contributed by atoms with E-state index >= 15 is 0 Å². The second kappa shape index (κ2) is 6.43. The first kappa shape index (κ1) is 16.4. The predicted molar refractivity (Wildman–Crippen MR) is 76.6 cm³/mol. The van der Waals surface area contributed by atoms with Gasteiger partial charge in [-0.25, -0.2) is 4.98 Å². The number of aromatic nitrogens is 2. The Balaban J connectivity index is 2.18. The van der Waals surface area contributed by atoms with E-state index in [4.69, 9.17) is 0 Å². The van der Waals surface area contributed by atoms with Crippen molar-refractivity contribution in [2.45, 2.75) is 32.5 Å². The fraction of sp³-hybridized carbons (Fsp3) is 0.357. The van der Waals surface area contributed by atoms with Crippen molar-refractivity contribution in [3.63, 3.8) is 0 Å². The van der Waals surface area contributed by atoms with E-state index in [-0.39, 0.29) is 10.9 Å². The van der Waals surface area contributed by atoms with Crippen LogP contribution in [0.5, 0.6) is 0 Å². The highest BCUT2D eigenvalue weighted by molar-refractivity contribution is 7.09. The molecule has 1 atom stereocenters. The van der Waals surface area contributed by atoms with E-state index in [2.05, 4.69) is 15.3 Å². The Morgan fingerprint density at radius 3 is 2.73 bits per heavy atom. The number of alkyl halides is 3. The van der Waals surface area contributed by atoms with Gasteiger partial charge in [-0.05, 0) is 25.5 Å². The number of pyridine rings is 1. The molecular weight excluding hydrogens is 315 g/mol. The van der Waals surface area contributed by atoms with Crippen LogP contribution in [0, 0.1) is 6.92 Å². The molecule has 2 heterocycles. The topological polar surface area (TPSA) is 54.9 Å². The molecule has 0 bridgehead atoms. The van der Waals surface area contributed by atoms with Gasteiger partial charge < -0.3 is 5.32 Å². The van der Waals surface area contributed by atoms with Crippen LogP contribution in [0.4, 0.5) is 13.2 Å². The second-order valence-electron chi connectivity index (χ2n) is 4.64. The molecule has 0 aliphatic carbocycles. The maximum atomic E-state index is 12.6. The lowest BCUT2D eigenvalue weighted by Gasteiger charge is -2.15. The van der Waals surface area contributed by atoms with Crippen LogP contribution in [0.15, 0.2) is 23.7 Å². The minimum atomic E-state index is -4.48. The Labute approximate surface area is 129 Å². The van der Waals surface area contributed by atoms with E-state index in [1.807, 2.05) is 0 Å². The Hall–Kier alpha value is -1.96. The average Bonchev–Trinajstić information content (AvgIpc) is 2.94. The van der Waals surface area contributed by atoms with Crippen LogP contribution in [0.3, 0.4) is 0 Å². The normalized spacial score (nSPS) is 13.0. The van der Waals surface area contributed by atoms with Gasteiger partial charge in [0, 0.05) is 17.3 Å². The molecule has 0 spiro atoms. The van der Waals surface area contributed by atoms with Gasteiger partial charge in [0.15, 0.2) is 5.69 Å². The van der Waals surface area contributed by atoms with Crippen molar-refractivity contribution in [3.05, 3.63) is 45.7 Å². The molecule has 2 aromatic heterocycles. The number of nitrogens with zero attached hydrogens (tertiary/aromatic N) is 2. The summed E-state index contributed by atoms with van der Waals surface area (Å²) in [6.45, 7) is 3.47. The Morgan fingerprint density at radius 1 is 1.45 bits per heavy atom. The number of amides is 1. The molecular formula is C14H14F3N3OS. The van der Waals surface area contributed by atoms with E-state index in [1.54, 1.807) is 32.2 Å². The van der Waals surface area contributed by atoms with E-state index in [1.165, 1.54) is 0 Å². The number of hydrogen-bond donors (Lipinski definition) is 1. The molecule has 0 saturated carbocycles. The summed E-state index contributed by atoms with van der Waals surface area (Å²) < 4.78 is 37.8. The monoisotopic (exact) mass is 329 g/mol. The van der Waals surface area contributed by atoms with Crippen LogP contribution in [-0.2, 0) is 6.18 Å². The summed E-state index contributed by atoms with van der Waals surface area (Å²) in [4.78, 5) is 19.8. The van der Waals surface area contributed by atoms with Crippen molar-refractivity contribution >= 4 is 17.2 Å². The first-order valence-corrected chi connectivity index (χ1v) is 7.46. The average molecular weight is 329 g/mol. The van der Waals surface area contributed by atoms with Crippen LogP contribution in [-0.4, -0.2) is 15.9 Å². The van der Waals surface area contributed by atoms with Crippen molar-refractivity contribution in [1.29, 1.82) is 0 Å². The molecule has 8 heteroatoms. The third-order valence-corrected chi connectivity index (χ3v) is 4.03. The summed E-state index contributed by atoms with van der Waals surface area (Å²) in [6, 6.07) is 2.69. The highest BCUT2D eigenvalue weighted by Gasteiger charge is 2.34. The van der Waals surface area contributed by atoms with Gasteiger partial charge in [-0.1, -0.05) is 6.92 Å². The SMILES string of the molecule is CC[C@@H](NC(=O)c1cccnc1C)c1nc(C(F)(F)F)cs1. The standard InChI is InChI=1S/C14H14F3N3OS/c1-3-10(13-20-11(7-22-13)14(15,16)17)19-12(21)9-5-4-6-18-8(9)2/h4-7,10H,3H2,1-2H3,(H,19,21)/t10-/m1/s1. The number of hydrogen-bond acceptors (Lipinski definition) is 4. The number of thiazole rings is 1. The largest absolute Gasteiger partial charge is 0.434 e. The van der Waals surface area contributed by atoms with Gasteiger partial charge in [-0.2, -0.15) is 13.2 Å². The fourth-order valence-corrected chi connectivity index (χ4v) is 2.84. The Morgan fingerprint density at radius 2 is 2.18 bits per heavy atom. The van der Waals surface area contributed by atoms with Crippen LogP contribution in [0.2, 0.25) is 0 Å². The quantitative estimate of drug-likeness (QED) is 0.929. The van der Waals surface area contributed by atoms with Gasteiger partial charge in [0.2, 0.25) is 0 Å². The summed E-state index contributed by atoms with van der Waals surface area (Å²) in [6.07, 6.45) is -2.47. The van der Waals surface area contributed by atoms with E-state index in [9.17, 15) is 18.0 Å². The lowest BCUT2D eigenvalue weighted by atomic mass is 10.1. The maximum absolute atomic E-state index is 12.6. The molecule has 0 aliphatic heterocycles. The molecule has 0 fully saturated rings. The first-order chi connectivity index (χ1) is 10.3. The minimum absolute atomic E-state index is 0.240. The smallest absolute Gasteiger partial charge is 0.343 e. The van der Waals surface area contributed by atoms with Gasteiger partial charge in [0.1, 0.15) is 5.01 Å². The zero-order valence-corrected chi connectivity index (χ0v) is 12.8. The molecule has 0 aliphatic rings. The van der Waals surface area contributed by atoms with Crippen LogP contribution < -0.4 is 5.32 Å². The summed E-state index contributed by atoms with van der Waals surface area (Å²) in [5, 5.41) is 3.90. The summed E-state index contributed by atoms with van der Waals surface area (Å²) in [7, 11) is 0. The lowest BCUT2D eigenvalue weighted by Crippen LogP contribution is -2.29. The molecule has 0 aromatic carbocycles. The molecule has 1 amide bonds. The van der Waals surface area contributed by atoms with Crippen LogP contribution in [0.25, 0.3) is 0 Å². The lowest BCUT2D eigenvalue weighted by molar-refractivity contribution is -0.140. The van der Waals surface area contributed by atoms with Crippen LogP contribution in [0.1, 0.15) is 46.1 Å². The van der Waals surface area contributed by atoms with Gasteiger partial charge >= 0.3 is 6.18 Å². The number of carbonyl (C=O) groups is 1. The van der Waals surface area contributed by atoms with Crippen LogP contribution >= 0.6 is 11.3 Å². The van der Waals surface area contributed by atoms with Crippen molar-refractivity contribution in [2.75, 3.05) is 0 Å². The Kier molecular flexibility index (Phi) is 4.80. The van der Waals surface area contributed by atoms with E-state index in [0.29, 0.717) is 17.7 Å². The molecule has 4 nitrogen and oxygen atoms in total. The Bertz CT molecular complexity index is 669. The highest BCUT2D eigenvalue weighted by atomic mass is 32.1. The van der Waals surface area contributed by atoms with Crippen molar-refractivity contribution in [1.82, 2.24) is 15.3 Å². The van der Waals surface area contributed by atoms with Gasteiger partial charge in [0.25, 0.3) is 5.91 Å². The molecule has 0 radical (unpaired) electrons. The minimum Gasteiger partial charge on any atom is -0.343 e. The van der Waals surface area contributed by atoms with Crippen molar-refractivity contribution in [2.24, 2.45) is 0 Å². The first-order valence-electron chi connectivity index (χ1n) is 6.58. The zero-order chi connectivity index (χ0) is 16.3. The fourth-order valence-electron chi connectivity index (χ4n) is 1.88. The molecule has 0 saturated heterocycles. The van der Waals surface area contributed by atoms with Gasteiger partial charge in [-0.15, -0.1) is 11.3 Å². The number of rotatable bonds is 4. The summed E-state index contributed by atoms with van der Waals surface area (Å²) in [5.41, 5.74) is 0.0243. The molecule has 22 heavy (non-hydrogen) atoms. The molecule has 0 unspecified atom stereocenters. The molecule has 1 N–H and O–H groups in total. The number of carbonyl (C=O) groups excluding carboxylic acids is 1. The number of nitrogens with one attached hydrogen (secondary N) is 1. The zero-order valence-electron chi connectivity index (χ0n) is 11.9. The number of halogens is 3. The second-order valence-corrected chi connectivity index (χ2v) is 5.53. The summed E-state index contributed by atoms with van der Waals surface area (Å²) in [5.74, 6) is -0.374. The van der Waals surface area contributed by atoms with E-state index < -0.39 is 17.9 Å². The highest BCUT2D eigenvalue weighted by Crippen LogP contribution is 2.32. The van der Waals surface area contributed by atoms with Crippen molar-refractivity contribution in [3.8, 4) is 0 Å². The third kappa shape index (κ3) is 3.62. The van der Waals surface area contributed by atoms with E-state index in [0.717, 1.165) is 16.7 Å². The molecule has 118 valence electrons. The van der Waals surface area contributed by atoms with Gasteiger partial charge in [-0.3, -0.25) is 9.78 Å². The third-order valence-electron chi connectivity index (χ3n) is 3.08. The predicted octanol–water partition coefficient (Wildman–Crippen LogP) is 3.75. The molecule has 2 rings (SSSR count). The van der Waals surface area contributed by atoms with Gasteiger partial charge in [0.05, 0.1) is 11.6 Å². The maximum Gasteiger partial charge on any atom is 0.434 e. The summed E-state index contributed by atoms with van der Waals surface area (Å²) >= 11 is 0.889.